The number of aliphatic hydroxyl groups excluding tert-OH is 1. The van der Waals surface area contributed by atoms with Crippen LogP contribution in [0.3, 0.4) is 0 Å². The quantitative estimate of drug-likeness (QED) is 0.741. The number of halogens is 1. The summed E-state index contributed by atoms with van der Waals surface area (Å²) in [5.74, 6) is 0.999. The fourth-order valence-electron chi connectivity index (χ4n) is 1.45. The summed E-state index contributed by atoms with van der Waals surface area (Å²) < 4.78 is 16.0. The lowest BCUT2D eigenvalue weighted by atomic mass is 10.2. The van der Waals surface area contributed by atoms with Crippen molar-refractivity contribution in [1.29, 1.82) is 0 Å². The molecule has 0 amide bonds. The van der Waals surface area contributed by atoms with E-state index >= 15 is 0 Å². The molecule has 0 spiro atoms. The lowest BCUT2D eigenvalue weighted by Gasteiger charge is -2.13. The Labute approximate surface area is 112 Å². The van der Waals surface area contributed by atoms with Crippen molar-refractivity contribution >= 4 is 11.6 Å². The molecule has 5 heteroatoms. The van der Waals surface area contributed by atoms with Gasteiger partial charge in [0, 0.05) is 6.61 Å². The second-order valence-electron chi connectivity index (χ2n) is 3.73. The van der Waals surface area contributed by atoms with Gasteiger partial charge >= 0.3 is 0 Å². The molecule has 102 valence electrons. The van der Waals surface area contributed by atoms with E-state index in [2.05, 4.69) is 0 Å². The number of aliphatic hydroxyl groups is 1. The number of benzene rings is 1. The van der Waals surface area contributed by atoms with E-state index in [-0.39, 0.29) is 6.61 Å². The largest absolute Gasteiger partial charge is 0.493 e. The fraction of sp³-hybridized carbons (Fsp3) is 0.538. The minimum Gasteiger partial charge on any atom is -0.493 e. The van der Waals surface area contributed by atoms with Crippen LogP contribution in [0.2, 0.25) is 5.02 Å². The summed E-state index contributed by atoms with van der Waals surface area (Å²) in [7, 11) is 1.53. The van der Waals surface area contributed by atoms with Crippen LogP contribution in [0.15, 0.2) is 12.1 Å². The van der Waals surface area contributed by atoms with E-state index in [1.165, 1.54) is 7.11 Å². The minimum absolute atomic E-state index is 0.0873. The van der Waals surface area contributed by atoms with Crippen molar-refractivity contribution < 1.29 is 19.3 Å². The number of rotatable bonds is 8. The molecule has 0 aliphatic heterocycles. The molecule has 0 saturated heterocycles. The van der Waals surface area contributed by atoms with Gasteiger partial charge in [-0.1, -0.05) is 18.5 Å². The lowest BCUT2D eigenvalue weighted by Crippen LogP contribution is -2.08. The smallest absolute Gasteiger partial charge is 0.179 e. The van der Waals surface area contributed by atoms with Gasteiger partial charge in [-0.2, -0.15) is 0 Å². The molecule has 1 aromatic carbocycles. The number of hydrogen-bond acceptors (Lipinski definition) is 4. The SMILES string of the molecule is CCCOCCOc1c(Cl)cc(CO)cc1OC. The van der Waals surface area contributed by atoms with Crippen LogP contribution in [-0.4, -0.2) is 32.0 Å². The third-order valence-corrected chi connectivity index (χ3v) is 2.58. The highest BCUT2D eigenvalue weighted by Gasteiger charge is 2.11. The van der Waals surface area contributed by atoms with Crippen LogP contribution in [0.25, 0.3) is 0 Å². The summed E-state index contributed by atoms with van der Waals surface area (Å²) >= 11 is 6.08. The van der Waals surface area contributed by atoms with Crippen molar-refractivity contribution in [3.63, 3.8) is 0 Å². The topological polar surface area (TPSA) is 47.9 Å². The molecule has 1 aromatic rings. The number of ether oxygens (including phenoxy) is 3. The monoisotopic (exact) mass is 274 g/mol. The van der Waals surface area contributed by atoms with E-state index in [0.717, 1.165) is 13.0 Å². The number of methoxy groups -OCH3 is 1. The molecule has 0 unspecified atom stereocenters. The summed E-state index contributed by atoms with van der Waals surface area (Å²) in [6.07, 6.45) is 0.981. The average molecular weight is 275 g/mol. The predicted octanol–water partition coefficient (Wildman–Crippen LogP) is 2.65. The Bertz CT molecular complexity index is 368. The maximum atomic E-state index is 9.07. The van der Waals surface area contributed by atoms with Crippen LogP contribution in [0, 0.1) is 0 Å². The molecule has 0 radical (unpaired) electrons. The second-order valence-corrected chi connectivity index (χ2v) is 4.14. The third kappa shape index (κ3) is 4.37. The molecule has 1 N–H and O–H groups in total. The van der Waals surface area contributed by atoms with E-state index in [1.807, 2.05) is 6.92 Å². The zero-order valence-electron chi connectivity index (χ0n) is 10.7. The standard InChI is InChI=1S/C13H19ClO4/c1-3-4-17-5-6-18-13-11(14)7-10(9-15)8-12(13)16-2/h7-8,15H,3-6,9H2,1-2H3. The van der Waals surface area contributed by atoms with Gasteiger partial charge in [0.2, 0.25) is 0 Å². The van der Waals surface area contributed by atoms with Crippen LogP contribution in [0.4, 0.5) is 0 Å². The first-order valence-electron chi connectivity index (χ1n) is 5.90. The molecular formula is C13H19ClO4. The van der Waals surface area contributed by atoms with Crippen molar-refractivity contribution in [2.24, 2.45) is 0 Å². The zero-order chi connectivity index (χ0) is 13.4. The van der Waals surface area contributed by atoms with E-state index in [4.69, 9.17) is 30.9 Å². The highest BCUT2D eigenvalue weighted by Crippen LogP contribution is 2.36. The average Bonchev–Trinajstić information content (AvgIpc) is 2.39. The van der Waals surface area contributed by atoms with E-state index in [0.29, 0.717) is 35.3 Å². The minimum atomic E-state index is -0.0873. The summed E-state index contributed by atoms with van der Waals surface area (Å²) in [6.45, 7) is 3.60. The summed E-state index contributed by atoms with van der Waals surface area (Å²) in [5.41, 5.74) is 0.687. The Kier molecular flexibility index (Phi) is 6.86. The molecule has 0 aliphatic carbocycles. The molecule has 0 fully saturated rings. The summed E-state index contributed by atoms with van der Waals surface area (Å²) in [6, 6.07) is 3.36. The van der Waals surface area contributed by atoms with Crippen LogP contribution in [-0.2, 0) is 11.3 Å². The Morgan fingerprint density at radius 3 is 2.61 bits per heavy atom. The van der Waals surface area contributed by atoms with Gasteiger partial charge in [0.15, 0.2) is 11.5 Å². The molecule has 18 heavy (non-hydrogen) atoms. The molecule has 4 nitrogen and oxygen atoms in total. The Balaban J connectivity index is 2.63. The van der Waals surface area contributed by atoms with Gasteiger partial charge in [0.1, 0.15) is 6.61 Å². The Morgan fingerprint density at radius 2 is 2.00 bits per heavy atom. The Morgan fingerprint density at radius 1 is 1.22 bits per heavy atom. The molecule has 0 atom stereocenters. The highest BCUT2D eigenvalue weighted by molar-refractivity contribution is 6.32. The van der Waals surface area contributed by atoms with Gasteiger partial charge in [0.05, 0.1) is 25.3 Å². The predicted molar refractivity (Wildman–Crippen MR) is 70.5 cm³/mol. The first-order valence-corrected chi connectivity index (χ1v) is 6.28. The molecular weight excluding hydrogens is 256 g/mol. The first-order chi connectivity index (χ1) is 8.72. The second kappa shape index (κ2) is 8.19. The molecule has 0 bridgehead atoms. The van der Waals surface area contributed by atoms with Gasteiger partial charge in [0.25, 0.3) is 0 Å². The molecule has 0 aliphatic rings. The van der Waals surface area contributed by atoms with Gasteiger partial charge in [-0.05, 0) is 24.1 Å². The highest BCUT2D eigenvalue weighted by atomic mass is 35.5. The maximum absolute atomic E-state index is 9.07. The molecule has 0 saturated carbocycles. The van der Waals surface area contributed by atoms with Gasteiger partial charge in [-0.3, -0.25) is 0 Å². The van der Waals surface area contributed by atoms with Crippen LogP contribution < -0.4 is 9.47 Å². The van der Waals surface area contributed by atoms with Crippen molar-refractivity contribution in [2.75, 3.05) is 26.9 Å². The fourth-order valence-corrected chi connectivity index (χ4v) is 1.74. The van der Waals surface area contributed by atoms with Crippen molar-refractivity contribution in [3.8, 4) is 11.5 Å². The number of hydrogen-bond donors (Lipinski definition) is 1. The van der Waals surface area contributed by atoms with E-state index < -0.39 is 0 Å². The first kappa shape index (κ1) is 15.1. The summed E-state index contributed by atoms with van der Waals surface area (Å²) in [5, 5.41) is 9.50. The van der Waals surface area contributed by atoms with Gasteiger partial charge in [-0.25, -0.2) is 0 Å². The summed E-state index contributed by atoms with van der Waals surface area (Å²) in [4.78, 5) is 0. The van der Waals surface area contributed by atoms with E-state index in [9.17, 15) is 0 Å². The molecule has 0 heterocycles. The maximum Gasteiger partial charge on any atom is 0.179 e. The van der Waals surface area contributed by atoms with E-state index in [1.54, 1.807) is 12.1 Å². The van der Waals surface area contributed by atoms with Gasteiger partial charge in [-0.15, -0.1) is 0 Å². The van der Waals surface area contributed by atoms with Crippen LogP contribution >= 0.6 is 11.6 Å². The van der Waals surface area contributed by atoms with Crippen molar-refractivity contribution in [3.05, 3.63) is 22.7 Å². The third-order valence-electron chi connectivity index (χ3n) is 2.29. The molecule has 1 rings (SSSR count). The molecule has 0 aromatic heterocycles. The van der Waals surface area contributed by atoms with Crippen LogP contribution in [0.1, 0.15) is 18.9 Å². The van der Waals surface area contributed by atoms with Crippen LogP contribution in [0.5, 0.6) is 11.5 Å². The van der Waals surface area contributed by atoms with Crippen molar-refractivity contribution in [2.45, 2.75) is 20.0 Å². The normalized spacial score (nSPS) is 10.4. The zero-order valence-corrected chi connectivity index (χ0v) is 11.5. The lowest BCUT2D eigenvalue weighted by molar-refractivity contribution is 0.0995. The van der Waals surface area contributed by atoms with Crippen molar-refractivity contribution in [1.82, 2.24) is 0 Å². The Hall–Kier alpha value is -0.970. The van der Waals surface area contributed by atoms with Gasteiger partial charge < -0.3 is 19.3 Å².